The van der Waals surface area contributed by atoms with Gasteiger partial charge in [0.1, 0.15) is 12.6 Å². The van der Waals surface area contributed by atoms with Gasteiger partial charge in [0.05, 0.1) is 16.9 Å². The van der Waals surface area contributed by atoms with Crippen LogP contribution in [0.25, 0.3) is 0 Å². The zero-order chi connectivity index (χ0) is 27.9. The topological polar surface area (TPSA) is 130 Å². The molecule has 0 bridgehead atoms. The van der Waals surface area contributed by atoms with Crippen molar-refractivity contribution >= 4 is 56.4 Å². The highest BCUT2D eigenvalue weighted by molar-refractivity contribution is 7.92. The second-order valence-corrected chi connectivity index (χ2v) is 11.2. The molecule has 2 aromatic rings. The Hall–Kier alpha value is -2.89. The van der Waals surface area contributed by atoms with E-state index in [1.807, 2.05) is 13.8 Å². The molecule has 0 aliphatic heterocycles. The predicted octanol–water partition coefficient (Wildman–Crippen LogP) is 4.39. The average molecular weight is 573 g/mol. The molecule has 2 amide bonds. The van der Waals surface area contributed by atoms with Crippen LogP contribution in [-0.2, 0) is 26.2 Å². The van der Waals surface area contributed by atoms with Gasteiger partial charge in [0.25, 0.3) is 5.69 Å². The van der Waals surface area contributed by atoms with Gasteiger partial charge in [0.2, 0.25) is 21.8 Å². The fraction of sp³-hybridized carbons (Fsp3) is 0.417. The Bertz CT molecular complexity index is 1240. The molecule has 0 aromatic heterocycles. The number of anilines is 1. The number of rotatable bonds is 12. The summed E-state index contributed by atoms with van der Waals surface area (Å²) in [6.45, 7) is 4.60. The maximum absolute atomic E-state index is 13.7. The first kappa shape index (κ1) is 30.3. The third kappa shape index (κ3) is 8.05. The molecule has 13 heteroatoms. The number of amides is 2. The fourth-order valence-corrected chi connectivity index (χ4v) is 4.95. The van der Waals surface area contributed by atoms with Crippen molar-refractivity contribution in [3.05, 3.63) is 68.2 Å². The van der Waals surface area contributed by atoms with E-state index in [0.29, 0.717) is 12.0 Å². The van der Waals surface area contributed by atoms with Gasteiger partial charge in [0, 0.05) is 40.3 Å². The standard InChI is InChI=1S/C24H30Cl2N4O6S/c1-5-16(3)27-24(32)22(6-2)28(14-19-20(25)11-8-12-21(19)26)23(31)15-29(37(4,35)36)17-9-7-10-18(13-17)30(33)34/h7-13,16,22H,5-6,14-15H2,1-4H3,(H,27,32)/t16-,22+/m0/s1. The number of hydrogen-bond donors (Lipinski definition) is 1. The molecule has 0 fully saturated rings. The van der Waals surface area contributed by atoms with E-state index < -0.39 is 39.3 Å². The molecule has 0 unspecified atom stereocenters. The number of nitro groups is 1. The van der Waals surface area contributed by atoms with Crippen LogP contribution in [0.2, 0.25) is 10.0 Å². The molecule has 0 aliphatic rings. The third-order valence-corrected chi connectivity index (χ3v) is 7.63. The summed E-state index contributed by atoms with van der Waals surface area (Å²) in [5.74, 6) is -1.12. The Balaban J connectivity index is 2.54. The van der Waals surface area contributed by atoms with Crippen LogP contribution >= 0.6 is 23.2 Å². The van der Waals surface area contributed by atoms with E-state index in [-0.39, 0.29) is 40.4 Å². The molecule has 0 radical (unpaired) electrons. The van der Waals surface area contributed by atoms with E-state index in [1.165, 1.54) is 23.1 Å². The number of sulfonamides is 1. The zero-order valence-corrected chi connectivity index (χ0v) is 23.3. The molecule has 0 saturated heterocycles. The number of nitro benzene ring substituents is 1. The van der Waals surface area contributed by atoms with Crippen LogP contribution in [0.3, 0.4) is 0 Å². The summed E-state index contributed by atoms with van der Waals surface area (Å²) >= 11 is 12.7. The molecule has 10 nitrogen and oxygen atoms in total. The Labute approximate surface area is 226 Å². The Morgan fingerprint density at radius 2 is 1.68 bits per heavy atom. The molecule has 2 aromatic carbocycles. The first-order valence-electron chi connectivity index (χ1n) is 11.5. The number of benzene rings is 2. The number of halogens is 2. The van der Waals surface area contributed by atoms with Crippen LogP contribution in [0, 0.1) is 10.1 Å². The molecule has 2 atom stereocenters. The molecule has 1 N–H and O–H groups in total. The maximum atomic E-state index is 13.7. The van der Waals surface area contributed by atoms with Crippen LogP contribution in [0.5, 0.6) is 0 Å². The number of non-ortho nitro benzene ring substituents is 1. The number of nitrogens with zero attached hydrogens (tertiary/aromatic N) is 3. The van der Waals surface area contributed by atoms with E-state index >= 15 is 0 Å². The van der Waals surface area contributed by atoms with Crippen LogP contribution in [-0.4, -0.2) is 54.9 Å². The minimum Gasteiger partial charge on any atom is -0.352 e. The van der Waals surface area contributed by atoms with Crippen molar-refractivity contribution in [2.24, 2.45) is 0 Å². The van der Waals surface area contributed by atoms with Crippen molar-refractivity contribution in [1.82, 2.24) is 10.2 Å². The molecule has 0 heterocycles. The zero-order valence-electron chi connectivity index (χ0n) is 21.0. The van der Waals surface area contributed by atoms with Crippen molar-refractivity contribution in [2.75, 3.05) is 17.1 Å². The molecule has 37 heavy (non-hydrogen) atoms. The molecular formula is C24H30Cl2N4O6S. The van der Waals surface area contributed by atoms with Gasteiger partial charge in [-0.1, -0.05) is 49.2 Å². The van der Waals surface area contributed by atoms with Crippen molar-refractivity contribution in [1.29, 1.82) is 0 Å². The number of carbonyl (C=O) groups excluding carboxylic acids is 2. The van der Waals surface area contributed by atoms with E-state index in [0.717, 1.165) is 16.6 Å². The number of hydrogen-bond acceptors (Lipinski definition) is 6. The molecule has 0 spiro atoms. The SMILES string of the molecule is CC[C@H](C(=O)N[C@@H](C)CC)N(Cc1c(Cl)cccc1Cl)C(=O)CN(c1cccc([N+](=O)[O-])c1)S(C)(=O)=O. The van der Waals surface area contributed by atoms with Gasteiger partial charge in [-0.15, -0.1) is 0 Å². The average Bonchev–Trinajstić information content (AvgIpc) is 2.83. The summed E-state index contributed by atoms with van der Waals surface area (Å²) in [5, 5.41) is 14.6. The van der Waals surface area contributed by atoms with Gasteiger partial charge in [-0.2, -0.15) is 0 Å². The van der Waals surface area contributed by atoms with Crippen molar-refractivity contribution in [3.63, 3.8) is 0 Å². The Morgan fingerprint density at radius 1 is 1.08 bits per heavy atom. The third-order valence-electron chi connectivity index (χ3n) is 5.78. The summed E-state index contributed by atoms with van der Waals surface area (Å²) in [5.41, 5.74) is 0.00535. The fourth-order valence-electron chi connectivity index (χ4n) is 3.59. The lowest BCUT2D eigenvalue weighted by molar-refractivity contribution is -0.384. The van der Waals surface area contributed by atoms with Gasteiger partial charge in [-0.3, -0.25) is 24.0 Å². The smallest absolute Gasteiger partial charge is 0.271 e. The molecular weight excluding hydrogens is 543 g/mol. The van der Waals surface area contributed by atoms with Gasteiger partial charge in [0.15, 0.2) is 0 Å². The summed E-state index contributed by atoms with van der Waals surface area (Å²) in [6.07, 6.45) is 1.79. The van der Waals surface area contributed by atoms with Gasteiger partial charge in [-0.25, -0.2) is 8.42 Å². The minimum atomic E-state index is -4.04. The van der Waals surface area contributed by atoms with E-state index in [1.54, 1.807) is 25.1 Å². The number of carbonyl (C=O) groups is 2. The summed E-state index contributed by atoms with van der Waals surface area (Å²) in [6, 6.07) is 8.67. The first-order chi connectivity index (χ1) is 17.3. The monoisotopic (exact) mass is 572 g/mol. The van der Waals surface area contributed by atoms with Gasteiger partial charge < -0.3 is 10.2 Å². The summed E-state index contributed by atoms with van der Waals surface area (Å²) in [7, 11) is -4.04. The quantitative estimate of drug-likeness (QED) is 0.296. The second kappa shape index (κ2) is 13.1. The van der Waals surface area contributed by atoms with Crippen LogP contribution in [0.1, 0.15) is 39.2 Å². The van der Waals surface area contributed by atoms with E-state index in [2.05, 4.69) is 5.32 Å². The van der Waals surface area contributed by atoms with Crippen molar-refractivity contribution in [3.8, 4) is 0 Å². The normalized spacial score (nSPS) is 12.9. The highest BCUT2D eigenvalue weighted by Gasteiger charge is 2.33. The molecule has 0 aliphatic carbocycles. The number of nitrogens with one attached hydrogen (secondary N) is 1. The minimum absolute atomic E-state index is 0.0575. The van der Waals surface area contributed by atoms with Crippen LogP contribution in [0.15, 0.2) is 42.5 Å². The summed E-state index contributed by atoms with van der Waals surface area (Å²) < 4.78 is 26.1. The first-order valence-corrected chi connectivity index (χ1v) is 14.1. The van der Waals surface area contributed by atoms with Crippen molar-refractivity contribution in [2.45, 2.75) is 52.2 Å². The van der Waals surface area contributed by atoms with E-state index in [9.17, 15) is 28.1 Å². The molecule has 0 saturated carbocycles. The van der Waals surface area contributed by atoms with Gasteiger partial charge in [-0.05, 0) is 38.0 Å². The highest BCUT2D eigenvalue weighted by atomic mass is 35.5. The lowest BCUT2D eigenvalue weighted by Gasteiger charge is -2.33. The highest BCUT2D eigenvalue weighted by Crippen LogP contribution is 2.28. The lowest BCUT2D eigenvalue weighted by Crippen LogP contribution is -2.53. The Kier molecular flexibility index (Phi) is 10.7. The van der Waals surface area contributed by atoms with Crippen LogP contribution in [0.4, 0.5) is 11.4 Å². The predicted molar refractivity (Wildman–Crippen MR) is 144 cm³/mol. The van der Waals surface area contributed by atoms with E-state index in [4.69, 9.17) is 23.2 Å². The van der Waals surface area contributed by atoms with Gasteiger partial charge >= 0.3 is 0 Å². The largest absolute Gasteiger partial charge is 0.352 e. The summed E-state index contributed by atoms with van der Waals surface area (Å²) in [4.78, 5) is 38.6. The Morgan fingerprint density at radius 3 is 2.19 bits per heavy atom. The van der Waals surface area contributed by atoms with Crippen LogP contribution < -0.4 is 9.62 Å². The van der Waals surface area contributed by atoms with Crippen molar-refractivity contribution < 1.29 is 22.9 Å². The maximum Gasteiger partial charge on any atom is 0.271 e. The second-order valence-electron chi connectivity index (χ2n) is 8.51. The molecule has 2 rings (SSSR count). The molecule has 202 valence electrons. The lowest BCUT2D eigenvalue weighted by atomic mass is 10.1.